The van der Waals surface area contributed by atoms with Crippen molar-refractivity contribution in [1.29, 1.82) is 0 Å². The number of hydrogen-bond acceptors (Lipinski definition) is 2. The van der Waals surface area contributed by atoms with E-state index in [0.29, 0.717) is 0 Å². The zero-order valence-electron chi connectivity index (χ0n) is 7.65. The predicted octanol–water partition coefficient (Wildman–Crippen LogP) is 1.38. The molecule has 3 nitrogen and oxygen atoms in total. The smallest absolute Gasteiger partial charge is 0.0925 e. The van der Waals surface area contributed by atoms with Gasteiger partial charge in [0.1, 0.15) is 0 Å². The quantitative estimate of drug-likeness (QED) is 0.662. The standard InChI is InChI=1S/C9H15N3/c1-7(2)4-10-5-9-8(3)11-6-12-9/h6,10H,1,4-5H2,2-3H3,(H,11,12). The van der Waals surface area contributed by atoms with Crippen LogP contribution in [0.4, 0.5) is 0 Å². The molecule has 0 bridgehead atoms. The Kier molecular flexibility index (Phi) is 3.05. The van der Waals surface area contributed by atoms with Crippen molar-refractivity contribution in [2.45, 2.75) is 20.4 Å². The molecule has 2 N–H and O–H groups in total. The van der Waals surface area contributed by atoms with Gasteiger partial charge >= 0.3 is 0 Å². The van der Waals surface area contributed by atoms with Gasteiger partial charge in [0.15, 0.2) is 0 Å². The van der Waals surface area contributed by atoms with E-state index in [9.17, 15) is 0 Å². The number of aromatic amines is 1. The first-order chi connectivity index (χ1) is 5.70. The van der Waals surface area contributed by atoms with Gasteiger partial charge in [0.05, 0.1) is 12.0 Å². The van der Waals surface area contributed by atoms with Crippen LogP contribution in [0.15, 0.2) is 18.5 Å². The average molecular weight is 165 g/mol. The summed E-state index contributed by atoms with van der Waals surface area (Å²) in [5.41, 5.74) is 3.35. The summed E-state index contributed by atoms with van der Waals surface area (Å²) in [5, 5.41) is 3.25. The number of aryl methyl sites for hydroxylation is 1. The van der Waals surface area contributed by atoms with Crippen LogP contribution in [0.2, 0.25) is 0 Å². The van der Waals surface area contributed by atoms with Gasteiger partial charge in [-0.1, -0.05) is 12.2 Å². The van der Waals surface area contributed by atoms with E-state index >= 15 is 0 Å². The third-order valence-electron chi connectivity index (χ3n) is 1.65. The Labute approximate surface area is 72.9 Å². The van der Waals surface area contributed by atoms with Gasteiger partial charge in [0.2, 0.25) is 0 Å². The highest BCUT2D eigenvalue weighted by molar-refractivity contribution is 5.08. The fourth-order valence-electron chi connectivity index (χ4n) is 0.960. The molecule has 0 spiro atoms. The van der Waals surface area contributed by atoms with E-state index in [4.69, 9.17) is 0 Å². The first-order valence-electron chi connectivity index (χ1n) is 4.04. The Morgan fingerprint density at radius 3 is 3.00 bits per heavy atom. The summed E-state index contributed by atoms with van der Waals surface area (Å²) in [5.74, 6) is 0. The third kappa shape index (κ3) is 2.51. The molecule has 1 rings (SSSR count). The van der Waals surface area contributed by atoms with Gasteiger partial charge in [-0.25, -0.2) is 4.98 Å². The monoisotopic (exact) mass is 165 g/mol. The van der Waals surface area contributed by atoms with E-state index in [0.717, 1.165) is 30.1 Å². The first kappa shape index (κ1) is 9.00. The van der Waals surface area contributed by atoms with Crippen molar-refractivity contribution >= 4 is 0 Å². The molecule has 1 aromatic heterocycles. The minimum Gasteiger partial charge on any atom is -0.348 e. The van der Waals surface area contributed by atoms with Gasteiger partial charge in [-0.15, -0.1) is 0 Å². The van der Waals surface area contributed by atoms with Gasteiger partial charge in [0, 0.05) is 18.8 Å². The molecule has 0 aliphatic heterocycles. The summed E-state index contributed by atoms with van der Waals surface area (Å²) in [6, 6.07) is 0. The summed E-state index contributed by atoms with van der Waals surface area (Å²) in [4.78, 5) is 7.20. The summed E-state index contributed by atoms with van der Waals surface area (Å²) in [6.07, 6.45) is 1.72. The number of imidazole rings is 1. The van der Waals surface area contributed by atoms with Gasteiger partial charge in [-0.2, -0.15) is 0 Å². The summed E-state index contributed by atoms with van der Waals surface area (Å²) in [7, 11) is 0. The lowest BCUT2D eigenvalue weighted by molar-refractivity contribution is 0.723. The molecule has 0 aromatic carbocycles. The van der Waals surface area contributed by atoms with Crippen LogP contribution in [0, 0.1) is 6.92 Å². The molecule has 0 amide bonds. The number of aromatic nitrogens is 2. The molecule has 0 radical (unpaired) electrons. The number of nitrogens with zero attached hydrogens (tertiary/aromatic N) is 1. The van der Waals surface area contributed by atoms with Gasteiger partial charge < -0.3 is 10.3 Å². The first-order valence-corrected chi connectivity index (χ1v) is 4.04. The third-order valence-corrected chi connectivity index (χ3v) is 1.65. The molecule has 0 aliphatic carbocycles. The van der Waals surface area contributed by atoms with Crippen molar-refractivity contribution in [3.05, 3.63) is 29.9 Å². The van der Waals surface area contributed by atoms with Crippen molar-refractivity contribution < 1.29 is 0 Å². The van der Waals surface area contributed by atoms with Crippen LogP contribution in [0.25, 0.3) is 0 Å². The molecule has 0 aliphatic rings. The van der Waals surface area contributed by atoms with Crippen molar-refractivity contribution in [2.75, 3.05) is 6.54 Å². The van der Waals surface area contributed by atoms with Crippen LogP contribution in [0.3, 0.4) is 0 Å². The molecule has 66 valence electrons. The number of nitrogens with one attached hydrogen (secondary N) is 2. The average Bonchev–Trinajstić information content (AvgIpc) is 2.36. The fourth-order valence-corrected chi connectivity index (χ4v) is 0.960. The van der Waals surface area contributed by atoms with Gasteiger partial charge in [-0.05, 0) is 13.8 Å². The van der Waals surface area contributed by atoms with Crippen molar-refractivity contribution in [1.82, 2.24) is 15.3 Å². The van der Waals surface area contributed by atoms with Crippen LogP contribution in [0.1, 0.15) is 18.3 Å². The number of H-pyrrole nitrogens is 1. The SMILES string of the molecule is C=C(C)CNCc1nc[nH]c1C. The lowest BCUT2D eigenvalue weighted by Crippen LogP contribution is -2.15. The minimum atomic E-state index is 0.808. The maximum Gasteiger partial charge on any atom is 0.0925 e. The molecule has 12 heavy (non-hydrogen) atoms. The molecule has 0 saturated heterocycles. The molecule has 1 heterocycles. The maximum atomic E-state index is 4.16. The zero-order valence-corrected chi connectivity index (χ0v) is 7.65. The van der Waals surface area contributed by atoms with Gasteiger partial charge in [-0.3, -0.25) is 0 Å². The highest BCUT2D eigenvalue weighted by atomic mass is 14.9. The van der Waals surface area contributed by atoms with Crippen molar-refractivity contribution in [2.24, 2.45) is 0 Å². The Morgan fingerprint density at radius 2 is 2.50 bits per heavy atom. The molecular formula is C9H15N3. The van der Waals surface area contributed by atoms with E-state index in [1.165, 1.54) is 0 Å². The van der Waals surface area contributed by atoms with E-state index in [2.05, 4.69) is 21.9 Å². The molecule has 0 atom stereocenters. The second-order valence-electron chi connectivity index (χ2n) is 3.03. The van der Waals surface area contributed by atoms with E-state index in [1.54, 1.807) is 6.33 Å². The predicted molar refractivity (Wildman–Crippen MR) is 49.8 cm³/mol. The number of rotatable bonds is 4. The van der Waals surface area contributed by atoms with Crippen LogP contribution in [0.5, 0.6) is 0 Å². The van der Waals surface area contributed by atoms with Crippen molar-refractivity contribution in [3.8, 4) is 0 Å². The van der Waals surface area contributed by atoms with E-state index in [-0.39, 0.29) is 0 Å². The van der Waals surface area contributed by atoms with Crippen LogP contribution >= 0.6 is 0 Å². The van der Waals surface area contributed by atoms with E-state index < -0.39 is 0 Å². The second-order valence-corrected chi connectivity index (χ2v) is 3.03. The summed E-state index contributed by atoms with van der Waals surface area (Å²) in [6.45, 7) is 9.49. The van der Waals surface area contributed by atoms with Crippen LogP contribution in [-0.4, -0.2) is 16.5 Å². The molecule has 1 aromatic rings. The molecule has 0 unspecified atom stereocenters. The molecule has 3 heteroatoms. The molecular weight excluding hydrogens is 150 g/mol. The van der Waals surface area contributed by atoms with Crippen LogP contribution in [-0.2, 0) is 6.54 Å². The normalized spacial score (nSPS) is 10.2. The lowest BCUT2D eigenvalue weighted by atomic mass is 10.3. The zero-order chi connectivity index (χ0) is 8.97. The second kappa shape index (κ2) is 4.07. The van der Waals surface area contributed by atoms with E-state index in [1.807, 2.05) is 13.8 Å². The number of hydrogen-bond donors (Lipinski definition) is 2. The Morgan fingerprint density at radius 1 is 1.75 bits per heavy atom. The van der Waals surface area contributed by atoms with Gasteiger partial charge in [0.25, 0.3) is 0 Å². The summed E-state index contributed by atoms with van der Waals surface area (Å²) < 4.78 is 0. The Hall–Kier alpha value is -1.09. The minimum absolute atomic E-state index is 0.808. The topological polar surface area (TPSA) is 40.7 Å². The maximum absolute atomic E-state index is 4.16. The lowest BCUT2D eigenvalue weighted by Gasteiger charge is -2.01. The largest absolute Gasteiger partial charge is 0.348 e. The Balaban J connectivity index is 2.33. The highest BCUT2D eigenvalue weighted by Gasteiger charge is 1.98. The van der Waals surface area contributed by atoms with Crippen molar-refractivity contribution in [3.63, 3.8) is 0 Å². The van der Waals surface area contributed by atoms with Crippen LogP contribution < -0.4 is 5.32 Å². The molecule has 0 fully saturated rings. The summed E-state index contributed by atoms with van der Waals surface area (Å²) >= 11 is 0. The Bertz CT molecular complexity index is 262. The highest BCUT2D eigenvalue weighted by Crippen LogP contribution is 1.99. The molecule has 0 saturated carbocycles. The fraction of sp³-hybridized carbons (Fsp3) is 0.444.